The maximum Gasteiger partial charge on any atom is 0.226 e. The van der Waals surface area contributed by atoms with Crippen LogP contribution >= 0.6 is 0 Å². The molecule has 0 spiro atoms. The molecule has 2 heterocycles. The molecule has 3 rings (SSSR count). The lowest BCUT2D eigenvalue weighted by atomic mass is 9.88. The van der Waals surface area contributed by atoms with Gasteiger partial charge in [-0.3, -0.25) is 4.79 Å². The second-order valence-corrected chi connectivity index (χ2v) is 5.35. The second-order valence-electron chi connectivity index (χ2n) is 5.35. The summed E-state index contributed by atoms with van der Waals surface area (Å²) in [5.41, 5.74) is 2.22. The van der Waals surface area contributed by atoms with Crippen molar-refractivity contribution in [3.8, 4) is 0 Å². The zero-order valence-corrected chi connectivity index (χ0v) is 10.4. The summed E-state index contributed by atoms with van der Waals surface area (Å²) in [5, 5.41) is 9.64. The second kappa shape index (κ2) is 4.72. The summed E-state index contributed by atoms with van der Waals surface area (Å²) in [4.78, 5) is 21.6. The van der Waals surface area contributed by atoms with Crippen LogP contribution in [0, 0.1) is 5.92 Å². The molecule has 2 aliphatic rings. The van der Waals surface area contributed by atoms with Crippen molar-refractivity contribution in [2.45, 2.75) is 38.2 Å². The van der Waals surface area contributed by atoms with Crippen LogP contribution in [0.2, 0.25) is 0 Å². The molecule has 1 aromatic rings. The standard InChI is InChI=1S/C13H19N3O2/c17-10-2-1-5-16(7-10)13(18)9-3-4-11-12(6-9)15-8-14-11/h8-10,17H,1-7H2,(H,14,15). The number of likely N-dealkylation sites (tertiary alicyclic amines) is 1. The molecular formula is C13H19N3O2. The van der Waals surface area contributed by atoms with E-state index in [0.29, 0.717) is 6.54 Å². The van der Waals surface area contributed by atoms with Crippen LogP contribution in [0.3, 0.4) is 0 Å². The molecule has 2 atom stereocenters. The minimum atomic E-state index is -0.339. The largest absolute Gasteiger partial charge is 0.391 e. The number of carbonyl (C=O) groups is 1. The van der Waals surface area contributed by atoms with Gasteiger partial charge in [-0.2, -0.15) is 0 Å². The number of aliphatic hydroxyl groups is 1. The van der Waals surface area contributed by atoms with Gasteiger partial charge >= 0.3 is 0 Å². The van der Waals surface area contributed by atoms with E-state index in [2.05, 4.69) is 9.97 Å². The Morgan fingerprint density at radius 2 is 2.39 bits per heavy atom. The van der Waals surface area contributed by atoms with Gasteiger partial charge in [0.2, 0.25) is 5.91 Å². The van der Waals surface area contributed by atoms with Gasteiger partial charge in [0.05, 0.1) is 18.1 Å². The normalized spacial score (nSPS) is 27.9. The molecule has 0 bridgehead atoms. The lowest BCUT2D eigenvalue weighted by Gasteiger charge is -2.33. The van der Waals surface area contributed by atoms with E-state index in [1.54, 1.807) is 6.33 Å². The number of carbonyl (C=O) groups excluding carboxylic acids is 1. The number of nitrogens with one attached hydrogen (secondary N) is 1. The van der Waals surface area contributed by atoms with Gasteiger partial charge in [0.15, 0.2) is 0 Å². The van der Waals surface area contributed by atoms with E-state index in [1.807, 2.05) is 4.90 Å². The lowest BCUT2D eigenvalue weighted by Crippen LogP contribution is -2.45. The first-order valence-electron chi connectivity index (χ1n) is 6.72. The van der Waals surface area contributed by atoms with Crippen molar-refractivity contribution in [1.29, 1.82) is 0 Å². The lowest BCUT2D eigenvalue weighted by molar-refractivity contribution is -0.139. The van der Waals surface area contributed by atoms with Crippen LogP contribution in [-0.2, 0) is 17.6 Å². The van der Waals surface area contributed by atoms with Crippen LogP contribution < -0.4 is 0 Å². The quantitative estimate of drug-likeness (QED) is 0.761. The number of aryl methyl sites for hydroxylation is 1. The molecule has 1 fully saturated rings. The van der Waals surface area contributed by atoms with E-state index >= 15 is 0 Å². The number of aromatic amines is 1. The smallest absolute Gasteiger partial charge is 0.226 e. The van der Waals surface area contributed by atoms with Crippen LogP contribution in [0.4, 0.5) is 0 Å². The Hall–Kier alpha value is -1.36. The highest BCUT2D eigenvalue weighted by molar-refractivity contribution is 5.79. The molecule has 98 valence electrons. The highest BCUT2D eigenvalue weighted by atomic mass is 16.3. The molecule has 0 aromatic carbocycles. The van der Waals surface area contributed by atoms with Crippen LogP contribution in [0.1, 0.15) is 30.7 Å². The Bertz CT molecular complexity index is 443. The molecule has 5 nitrogen and oxygen atoms in total. The van der Waals surface area contributed by atoms with E-state index in [-0.39, 0.29) is 17.9 Å². The van der Waals surface area contributed by atoms with Crippen molar-refractivity contribution in [1.82, 2.24) is 14.9 Å². The first-order chi connectivity index (χ1) is 8.74. The fourth-order valence-corrected chi connectivity index (χ4v) is 3.02. The third kappa shape index (κ3) is 2.14. The molecule has 5 heteroatoms. The van der Waals surface area contributed by atoms with Crippen molar-refractivity contribution in [2.75, 3.05) is 13.1 Å². The van der Waals surface area contributed by atoms with Crippen molar-refractivity contribution in [2.24, 2.45) is 5.92 Å². The molecule has 18 heavy (non-hydrogen) atoms. The van der Waals surface area contributed by atoms with Gasteiger partial charge < -0.3 is 15.0 Å². The number of aromatic nitrogens is 2. The van der Waals surface area contributed by atoms with Crippen LogP contribution in [-0.4, -0.2) is 45.1 Å². The van der Waals surface area contributed by atoms with E-state index < -0.39 is 0 Å². The molecule has 0 radical (unpaired) electrons. The Morgan fingerprint density at radius 3 is 3.22 bits per heavy atom. The third-order valence-electron chi connectivity index (χ3n) is 4.05. The first kappa shape index (κ1) is 11.7. The minimum Gasteiger partial charge on any atom is -0.391 e. The summed E-state index contributed by atoms with van der Waals surface area (Å²) in [7, 11) is 0. The number of β-amino-alcohol motifs (C(OH)–C–C–N with tert-alkyl or cyclic N) is 1. The average Bonchev–Trinajstić information content (AvgIpc) is 2.85. The topological polar surface area (TPSA) is 69.2 Å². The van der Waals surface area contributed by atoms with Gasteiger partial charge in [-0.15, -0.1) is 0 Å². The number of rotatable bonds is 1. The van der Waals surface area contributed by atoms with Crippen molar-refractivity contribution < 1.29 is 9.90 Å². The summed E-state index contributed by atoms with van der Waals surface area (Å²) in [6.45, 7) is 1.30. The predicted molar refractivity (Wildman–Crippen MR) is 65.9 cm³/mol. The first-order valence-corrected chi connectivity index (χ1v) is 6.72. The number of imidazole rings is 1. The van der Waals surface area contributed by atoms with Gasteiger partial charge in [0.1, 0.15) is 0 Å². The molecule has 2 N–H and O–H groups in total. The fourth-order valence-electron chi connectivity index (χ4n) is 3.02. The van der Waals surface area contributed by atoms with E-state index in [4.69, 9.17) is 0 Å². The van der Waals surface area contributed by atoms with E-state index in [1.165, 1.54) is 0 Å². The number of aliphatic hydroxyl groups excluding tert-OH is 1. The molecule has 0 saturated carbocycles. The minimum absolute atomic E-state index is 0.0586. The number of hydrogen-bond acceptors (Lipinski definition) is 3. The number of amides is 1. The molecule has 1 aliphatic carbocycles. The van der Waals surface area contributed by atoms with Crippen LogP contribution in [0.25, 0.3) is 0 Å². The summed E-state index contributed by atoms with van der Waals surface area (Å²) in [5.74, 6) is 0.261. The Morgan fingerprint density at radius 1 is 1.50 bits per heavy atom. The summed E-state index contributed by atoms with van der Waals surface area (Å²) >= 11 is 0. The van der Waals surface area contributed by atoms with Crippen molar-refractivity contribution in [3.63, 3.8) is 0 Å². The van der Waals surface area contributed by atoms with Crippen molar-refractivity contribution in [3.05, 3.63) is 17.7 Å². The van der Waals surface area contributed by atoms with Gasteiger partial charge in [0.25, 0.3) is 0 Å². The molecule has 1 aliphatic heterocycles. The SMILES string of the molecule is O=C(C1CCc2nc[nH]c2C1)N1CCCC(O)C1. The Kier molecular flexibility index (Phi) is 3.07. The number of nitrogens with zero attached hydrogens (tertiary/aromatic N) is 2. The van der Waals surface area contributed by atoms with Gasteiger partial charge in [-0.1, -0.05) is 0 Å². The highest BCUT2D eigenvalue weighted by Gasteiger charge is 2.31. The molecule has 1 aromatic heterocycles. The fraction of sp³-hybridized carbons (Fsp3) is 0.692. The summed E-state index contributed by atoms with van der Waals surface area (Å²) < 4.78 is 0. The van der Waals surface area contributed by atoms with Crippen LogP contribution in [0.5, 0.6) is 0 Å². The number of fused-ring (bicyclic) bond motifs is 1. The monoisotopic (exact) mass is 249 g/mol. The van der Waals surface area contributed by atoms with Gasteiger partial charge in [-0.05, 0) is 25.7 Å². The summed E-state index contributed by atoms with van der Waals surface area (Å²) in [6, 6.07) is 0. The molecule has 1 amide bonds. The zero-order valence-electron chi connectivity index (χ0n) is 10.4. The third-order valence-corrected chi connectivity index (χ3v) is 4.05. The molecule has 1 saturated heterocycles. The summed E-state index contributed by atoms with van der Waals surface area (Å²) in [6.07, 6.45) is 5.63. The number of H-pyrrole nitrogens is 1. The Balaban J connectivity index is 1.67. The van der Waals surface area contributed by atoms with Crippen LogP contribution in [0.15, 0.2) is 6.33 Å². The average molecular weight is 249 g/mol. The number of hydrogen-bond donors (Lipinski definition) is 2. The maximum absolute atomic E-state index is 12.4. The maximum atomic E-state index is 12.4. The van der Waals surface area contributed by atoms with E-state index in [9.17, 15) is 9.90 Å². The Labute approximate surface area is 106 Å². The van der Waals surface area contributed by atoms with Gasteiger partial charge in [-0.25, -0.2) is 4.98 Å². The number of piperidine rings is 1. The predicted octanol–water partition coefficient (Wildman–Crippen LogP) is 0.498. The van der Waals surface area contributed by atoms with Gasteiger partial charge in [0, 0.05) is 31.1 Å². The zero-order chi connectivity index (χ0) is 12.5. The molecule has 2 unspecified atom stereocenters. The van der Waals surface area contributed by atoms with E-state index in [0.717, 1.165) is 50.0 Å². The molecular weight excluding hydrogens is 230 g/mol. The van der Waals surface area contributed by atoms with Crippen molar-refractivity contribution >= 4 is 5.91 Å². The highest BCUT2D eigenvalue weighted by Crippen LogP contribution is 2.25.